The van der Waals surface area contributed by atoms with Gasteiger partial charge in [-0.2, -0.15) is 0 Å². The Morgan fingerprint density at radius 1 is 1.16 bits per heavy atom. The average Bonchev–Trinajstić information content (AvgIpc) is 3.35. The first-order chi connectivity index (χ1) is 20.4. The molecule has 224 valence electrons. The lowest BCUT2D eigenvalue weighted by Gasteiger charge is -2.28. The molecule has 2 N–H and O–H groups in total. The Balaban J connectivity index is 1.57. The van der Waals surface area contributed by atoms with E-state index in [1.807, 2.05) is 31.2 Å². The van der Waals surface area contributed by atoms with E-state index in [0.717, 1.165) is 15.8 Å². The number of hydrogen-bond donors (Lipinski definition) is 2. The fourth-order valence-electron chi connectivity index (χ4n) is 5.14. The zero-order chi connectivity index (χ0) is 31.1. The van der Waals surface area contributed by atoms with E-state index in [4.69, 9.17) is 32.9 Å². The van der Waals surface area contributed by atoms with Gasteiger partial charge in [0.15, 0.2) is 0 Å². The molecule has 2 aromatic carbocycles. The maximum Gasteiger partial charge on any atom is 0.251 e. The summed E-state index contributed by atoms with van der Waals surface area (Å²) < 4.78 is 35.4. The molecule has 1 amide bonds. The van der Waals surface area contributed by atoms with Gasteiger partial charge in [-0.15, -0.1) is 11.3 Å². The van der Waals surface area contributed by atoms with Crippen molar-refractivity contribution in [2.24, 2.45) is 5.92 Å². The van der Waals surface area contributed by atoms with Crippen LogP contribution in [0.1, 0.15) is 52.8 Å². The largest absolute Gasteiger partial charge is 0.494 e. The van der Waals surface area contributed by atoms with Crippen LogP contribution in [0.5, 0.6) is 5.75 Å². The van der Waals surface area contributed by atoms with E-state index < -0.39 is 23.2 Å². The summed E-state index contributed by atoms with van der Waals surface area (Å²) in [6.07, 6.45) is 8.54. The number of fused-ring (bicyclic) bond motifs is 1. The number of nitrogens with zero attached hydrogens (tertiary/aromatic N) is 2. The Morgan fingerprint density at radius 3 is 2.60 bits per heavy atom. The molecule has 2 unspecified atom stereocenters. The van der Waals surface area contributed by atoms with Gasteiger partial charge in [0, 0.05) is 40.9 Å². The molecule has 0 radical (unpaired) electrons. The quantitative estimate of drug-likeness (QED) is 0.189. The van der Waals surface area contributed by atoms with Crippen LogP contribution in [0.15, 0.2) is 54.6 Å². The number of thiazole rings is 1. The molecule has 43 heavy (non-hydrogen) atoms. The number of rotatable bonds is 8. The minimum Gasteiger partial charge on any atom is -0.494 e. The van der Waals surface area contributed by atoms with Crippen LogP contribution in [-0.4, -0.2) is 34.6 Å². The smallest absolute Gasteiger partial charge is 0.251 e. The van der Waals surface area contributed by atoms with Gasteiger partial charge < -0.3 is 15.2 Å². The van der Waals surface area contributed by atoms with Gasteiger partial charge in [0.25, 0.3) is 5.91 Å². The molecule has 0 bridgehead atoms. The zero-order valence-electron chi connectivity index (χ0n) is 23.8. The Kier molecular flexibility index (Phi) is 8.90. The summed E-state index contributed by atoms with van der Waals surface area (Å²) in [5, 5.41) is 14.6. The molecular formula is C32H29Cl2F2N3O3S. The lowest BCUT2D eigenvalue weighted by molar-refractivity contribution is 0.0784. The molecular weight excluding hydrogens is 615 g/mol. The number of hydrogen-bond acceptors (Lipinski definition) is 6. The minimum absolute atomic E-state index is 0.0121. The standard InChI is InChI=1S/C32H29Cl2F2N3O3S/c1-16-38-30-26(42-4)10-18(11-27(30)43-16)31(40)37-15-20(17-8-6-5-7-9-17)25-13-21(32(2,3)41)28(34)29(39-25)19-12-22(33)24(36)14-23(19)35/h5-8,10-14,17,20,41H,9,15H2,1-4H3,(H,37,40). The third-order valence-corrected chi connectivity index (χ3v) is 8.93. The maximum atomic E-state index is 15.1. The van der Waals surface area contributed by atoms with Crippen molar-refractivity contribution in [3.63, 3.8) is 0 Å². The van der Waals surface area contributed by atoms with Crippen LogP contribution in [0.3, 0.4) is 0 Å². The topological polar surface area (TPSA) is 84.3 Å². The second-order valence-electron chi connectivity index (χ2n) is 10.8. The fraction of sp³-hybridized carbons (Fsp3) is 0.281. The van der Waals surface area contributed by atoms with Gasteiger partial charge in [0.05, 0.1) is 38.2 Å². The van der Waals surface area contributed by atoms with Gasteiger partial charge >= 0.3 is 0 Å². The van der Waals surface area contributed by atoms with Crippen molar-refractivity contribution in [2.45, 2.75) is 38.7 Å². The molecule has 2 atom stereocenters. The number of nitrogens with one attached hydrogen (secondary N) is 1. The van der Waals surface area contributed by atoms with E-state index in [-0.39, 0.29) is 39.7 Å². The maximum absolute atomic E-state index is 15.1. The highest BCUT2D eigenvalue weighted by Crippen LogP contribution is 2.41. The van der Waals surface area contributed by atoms with E-state index in [1.165, 1.54) is 18.4 Å². The van der Waals surface area contributed by atoms with Crippen LogP contribution in [0, 0.1) is 24.5 Å². The number of halogens is 4. The molecule has 0 spiro atoms. The van der Waals surface area contributed by atoms with Crippen molar-refractivity contribution in [1.82, 2.24) is 15.3 Å². The number of pyridine rings is 1. The van der Waals surface area contributed by atoms with E-state index in [2.05, 4.69) is 10.3 Å². The summed E-state index contributed by atoms with van der Waals surface area (Å²) >= 11 is 14.2. The van der Waals surface area contributed by atoms with Gasteiger partial charge in [0.1, 0.15) is 22.9 Å². The van der Waals surface area contributed by atoms with E-state index in [1.54, 1.807) is 32.0 Å². The molecule has 5 rings (SSSR count). The van der Waals surface area contributed by atoms with Crippen LogP contribution in [0.2, 0.25) is 10.0 Å². The number of aliphatic hydroxyl groups is 1. The fourth-order valence-corrected chi connectivity index (χ4v) is 6.62. The van der Waals surface area contributed by atoms with Gasteiger partial charge in [-0.1, -0.05) is 47.5 Å². The van der Waals surface area contributed by atoms with Crippen molar-refractivity contribution in [3.05, 3.63) is 98.1 Å². The summed E-state index contributed by atoms with van der Waals surface area (Å²) in [7, 11) is 1.53. The van der Waals surface area contributed by atoms with Crippen molar-refractivity contribution in [3.8, 4) is 17.0 Å². The highest BCUT2D eigenvalue weighted by molar-refractivity contribution is 7.18. The molecule has 1 aliphatic carbocycles. The predicted molar refractivity (Wildman–Crippen MR) is 167 cm³/mol. The SMILES string of the molecule is COc1cc(C(=O)NCC(c2cc(C(C)(C)O)c(Cl)c(-c3cc(Cl)c(F)cc3F)n2)C2C=CC=CC2)cc2sc(C)nc12. The number of aryl methyl sites for hydroxylation is 1. The minimum atomic E-state index is -1.43. The van der Waals surface area contributed by atoms with E-state index in [0.29, 0.717) is 40.6 Å². The number of carbonyl (C=O) groups is 1. The molecule has 2 aromatic heterocycles. The van der Waals surface area contributed by atoms with Crippen LogP contribution in [-0.2, 0) is 5.60 Å². The van der Waals surface area contributed by atoms with Gasteiger partial charge in [-0.25, -0.2) is 13.8 Å². The average molecular weight is 645 g/mol. The monoisotopic (exact) mass is 643 g/mol. The number of carbonyl (C=O) groups excluding carboxylic acids is 1. The Hall–Kier alpha value is -3.37. The van der Waals surface area contributed by atoms with Crippen molar-refractivity contribution < 1.29 is 23.4 Å². The summed E-state index contributed by atoms with van der Waals surface area (Å²) in [6, 6.07) is 6.91. The van der Waals surface area contributed by atoms with Crippen molar-refractivity contribution in [1.29, 1.82) is 0 Å². The number of ether oxygens (including phenoxy) is 1. The first kappa shape index (κ1) is 31.1. The summed E-state index contributed by atoms with van der Waals surface area (Å²) in [6.45, 7) is 5.17. The number of amides is 1. The normalized spacial score (nSPS) is 15.6. The lowest BCUT2D eigenvalue weighted by Crippen LogP contribution is -2.32. The van der Waals surface area contributed by atoms with Crippen LogP contribution in [0.4, 0.5) is 8.78 Å². The highest BCUT2D eigenvalue weighted by Gasteiger charge is 2.30. The third-order valence-electron chi connectivity index (χ3n) is 7.34. The van der Waals surface area contributed by atoms with Crippen LogP contribution in [0.25, 0.3) is 21.5 Å². The van der Waals surface area contributed by atoms with Gasteiger partial charge in [-0.3, -0.25) is 9.78 Å². The Labute approximate surface area is 262 Å². The third kappa shape index (κ3) is 6.45. The van der Waals surface area contributed by atoms with Gasteiger partial charge in [-0.05, 0) is 57.4 Å². The number of aromatic nitrogens is 2. The first-order valence-electron chi connectivity index (χ1n) is 13.5. The molecule has 2 heterocycles. The molecule has 0 aliphatic heterocycles. The lowest BCUT2D eigenvalue weighted by atomic mass is 9.82. The highest BCUT2D eigenvalue weighted by atomic mass is 35.5. The molecule has 0 saturated carbocycles. The molecule has 4 aromatic rings. The van der Waals surface area contributed by atoms with E-state index >= 15 is 4.39 Å². The Morgan fingerprint density at radius 2 is 1.93 bits per heavy atom. The predicted octanol–water partition coefficient (Wildman–Crippen LogP) is 8.13. The van der Waals surface area contributed by atoms with Crippen LogP contribution < -0.4 is 10.1 Å². The van der Waals surface area contributed by atoms with E-state index in [9.17, 15) is 14.3 Å². The number of methoxy groups -OCH3 is 1. The number of benzene rings is 2. The zero-order valence-corrected chi connectivity index (χ0v) is 26.2. The van der Waals surface area contributed by atoms with Crippen LogP contribution >= 0.6 is 34.5 Å². The second-order valence-corrected chi connectivity index (χ2v) is 12.9. The van der Waals surface area contributed by atoms with Crippen molar-refractivity contribution in [2.75, 3.05) is 13.7 Å². The molecule has 0 fully saturated rings. The molecule has 0 saturated heterocycles. The summed E-state index contributed by atoms with van der Waals surface area (Å²) in [5.41, 5.74) is 0.353. The molecule has 1 aliphatic rings. The van der Waals surface area contributed by atoms with Gasteiger partial charge in [0.2, 0.25) is 0 Å². The number of allylic oxidation sites excluding steroid dienone is 4. The summed E-state index contributed by atoms with van der Waals surface area (Å²) in [4.78, 5) is 22.7. The summed E-state index contributed by atoms with van der Waals surface area (Å²) in [5.74, 6) is -2.13. The second kappa shape index (κ2) is 12.3. The first-order valence-corrected chi connectivity index (χ1v) is 15.1. The molecule has 6 nitrogen and oxygen atoms in total. The van der Waals surface area contributed by atoms with Crippen molar-refractivity contribution >= 4 is 50.7 Å². The Bertz CT molecular complexity index is 1780. The molecule has 11 heteroatoms.